The lowest BCUT2D eigenvalue weighted by atomic mass is 10.1. The largest absolute Gasteiger partial charge is 0.493 e. The van der Waals surface area contributed by atoms with Crippen molar-refractivity contribution < 1.29 is 19.3 Å². The SMILES string of the molecule is COc1ccc(/C=C/C(C)O)c(OC)c1OC. The molecule has 0 radical (unpaired) electrons. The third-order valence-electron chi connectivity index (χ3n) is 2.29. The van der Waals surface area contributed by atoms with Gasteiger partial charge in [-0.05, 0) is 19.1 Å². The van der Waals surface area contributed by atoms with Crippen molar-refractivity contribution in [3.8, 4) is 17.2 Å². The van der Waals surface area contributed by atoms with Gasteiger partial charge in [0.25, 0.3) is 0 Å². The fraction of sp³-hybridized carbons (Fsp3) is 0.385. The Hall–Kier alpha value is -1.68. The number of benzene rings is 1. The smallest absolute Gasteiger partial charge is 0.203 e. The van der Waals surface area contributed by atoms with Gasteiger partial charge >= 0.3 is 0 Å². The molecular weight excluding hydrogens is 220 g/mol. The molecule has 0 aliphatic carbocycles. The van der Waals surface area contributed by atoms with Crippen molar-refractivity contribution in [3.05, 3.63) is 23.8 Å². The first-order valence-corrected chi connectivity index (χ1v) is 5.29. The van der Waals surface area contributed by atoms with E-state index in [4.69, 9.17) is 14.2 Å². The Kier molecular flexibility index (Phi) is 4.84. The first-order valence-electron chi connectivity index (χ1n) is 5.29. The molecule has 0 saturated carbocycles. The highest BCUT2D eigenvalue weighted by atomic mass is 16.5. The first kappa shape index (κ1) is 13.4. The van der Waals surface area contributed by atoms with Crippen LogP contribution in [0.2, 0.25) is 0 Å². The summed E-state index contributed by atoms with van der Waals surface area (Å²) < 4.78 is 15.7. The molecule has 1 N–H and O–H groups in total. The lowest BCUT2D eigenvalue weighted by molar-refractivity contribution is 0.245. The highest BCUT2D eigenvalue weighted by Crippen LogP contribution is 2.40. The Bertz CT molecular complexity index is 397. The van der Waals surface area contributed by atoms with Crippen LogP contribution in [0.25, 0.3) is 6.08 Å². The van der Waals surface area contributed by atoms with E-state index in [1.54, 1.807) is 46.5 Å². The van der Waals surface area contributed by atoms with Crippen LogP contribution in [0.3, 0.4) is 0 Å². The van der Waals surface area contributed by atoms with Crippen LogP contribution in [0.5, 0.6) is 17.2 Å². The zero-order valence-corrected chi connectivity index (χ0v) is 10.6. The Morgan fingerprint density at radius 3 is 2.18 bits per heavy atom. The lowest BCUT2D eigenvalue weighted by Crippen LogP contribution is -1.97. The van der Waals surface area contributed by atoms with E-state index in [0.29, 0.717) is 17.2 Å². The third kappa shape index (κ3) is 3.14. The fourth-order valence-electron chi connectivity index (χ4n) is 1.50. The number of hydrogen-bond donors (Lipinski definition) is 1. The quantitative estimate of drug-likeness (QED) is 0.853. The van der Waals surface area contributed by atoms with Crippen molar-refractivity contribution in [3.63, 3.8) is 0 Å². The number of rotatable bonds is 5. The number of hydrogen-bond acceptors (Lipinski definition) is 4. The van der Waals surface area contributed by atoms with E-state index in [-0.39, 0.29) is 0 Å². The van der Waals surface area contributed by atoms with Gasteiger partial charge in [0.05, 0.1) is 27.4 Å². The summed E-state index contributed by atoms with van der Waals surface area (Å²) in [5, 5.41) is 9.22. The van der Waals surface area contributed by atoms with Gasteiger partial charge in [-0.3, -0.25) is 0 Å². The number of methoxy groups -OCH3 is 3. The molecule has 17 heavy (non-hydrogen) atoms. The number of ether oxygens (including phenoxy) is 3. The molecule has 1 rings (SSSR count). The molecule has 0 amide bonds. The van der Waals surface area contributed by atoms with E-state index in [1.165, 1.54) is 0 Å². The van der Waals surface area contributed by atoms with Gasteiger partial charge in [0.2, 0.25) is 5.75 Å². The summed E-state index contributed by atoms with van der Waals surface area (Å²) in [6.07, 6.45) is 2.95. The minimum atomic E-state index is -0.507. The van der Waals surface area contributed by atoms with Gasteiger partial charge in [0, 0.05) is 5.56 Å². The zero-order valence-electron chi connectivity index (χ0n) is 10.6. The summed E-state index contributed by atoms with van der Waals surface area (Å²) in [7, 11) is 4.70. The van der Waals surface area contributed by atoms with Crippen molar-refractivity contribution in [2.75, 3.05) is 21.3 Å². The molecule has 4 heteroatoms. The van der Waals surface area contributed by atoms with Crippen LogP contribution in [-0.4, -0.2) is 32.5 Å². The predicted molar refractivity (Wildman–Crippen MR) is 66.8 cm³/mol. The Morgan fingerprint density at radius 2 is 1.71 bits per heavy atom. The molecule has 1 aromatic rings. The molecule has 1 atom stereocenters. The van der Waals surface area contributed by atoms with Gasteiger partial charge < -0.3 is 19.3 Å². The third-order valence-corrected chi connectivity index (χ3v) is 2.29. The zero-order chi connectivity index (χ0) is 12.8. The highest BCUT2D eigenvalue weighted by molar-refractivity contribution is 5.66. The molecular formula is C13H18O4. The van der Waals surface area contributed by atoms with Gasteiger partial charge in [-0.2, -0.15) is 0 Å². The average molecular weight is 238 g/mol. The summed E-state index contributed by atoms with van der Waals surface area (Å²) in [6, 6.07) is 3.64. The van der Waals surface area contributed by atoms with Crippen LogP contribution in [0.4, 0.5) is 0 Å². The molecule has 0 heterocycles. The van der Waals surface area contributed by atoms with Crippen molar-refractivity contribution in [2.45, 2.75) is 13.0 Å². The van der Waals surface area contributed by atoms with E-state index in [1.807, 2.05) is 6.07 Å². The molecule has 1 unspecified atom stereocenters. The predicted octanol–water partition coefficient (Wildman–Crippen LogP) is 2.11. The standard InChI is InChI=1S/C13H18O4/c1-9(14)5-6-10-7-8-11(15-2)13(17-4)12(10)16-3/h5-9,14H,1-4H3/b6-5+. The maximum atomic E-state index is 9.22. The molecule has 0 spiro atoms. The second-order valence-electron chi connectivity index (χ2n) is 3.52. The van der Waals surface area contributed by atoms with Crippen LogP contribution in [0.1, 0.15) is 12.5 Å². The van der Waals surface area contributed by atoms with E-state index < -0.39 is 6.10 Å². The average Bonchev–Trinajstić information content (AvgIpc) is 2.34. The second kappa shape index (κ2) is 6.15. The Morgan fingerprint density at radius 1 is 1.06 bits per heavy atom. The maximum absolute atomic E-state index is 9.22. The van der Waals surface area contributed by atoms with Crippen molar-refractivity contribution >= 4 is 6.08 Å². The molecule has 94 valence electrons. The van der Waals surface area contributed by atoms with Gasteiger partial charge in [0.1, 0.15) is 0 Å². The van der Waals surface area contributed by atoms with Gasteiger partial charge in [-0.1, -0.05) is 12.2 Å². The summed E-state index contributed by atoms with van der Waals surface area (Å²) in [5.41, 5.74) is 0.825. The first-order chi connectivity index (χ1) is 8.13. The number of aliphatic hydroxyl groups excluding tert-OH is 1. The van der Waals surface area contributed by atoms with Crippen molar-refractivity contribution in [1.29, 1.82) is 0 Å². The molecule has 0 bridgehead atoms. The summed E-state index contributed by atoms with van der Waals surface area (Å²) in [4.78, 5) is 0. The lowest BCUT2D eigenvalue weighted by Gasteiger charge is -2.14. The van der Waals surface area contributed by atoms with E-state index >= 15 is 0 Å². The maximum Gasteiger partial charge on any atom is 0.203 e. The van der Waals surface area contributed by atoms with Gasteiger partial charge in [0.15, 0.2) is 11.5 Å². The molecule has 0 aliphatic heterocycles. The highest BCUT2D eigenvalue weighted by Gasteiger charge is 2.13. The normalized spacial score (nSPS) is 12.5. The fourth-order valence-corrected chi connectivity index (χ4v) is 1.50. The summed E-state index contributed by atoms with van der Waals surface area (Å²) in [6.45, 7) is 1.68. The topological polar surface area (TPSA) is 47.9 Å². The minimum absolute atomic E-state index is 0.507. The summed E-state index contributed by atoms with van der Waals surface area (Å²) in [5.74, 6) is 1.74. The van der Waals surface area contributed by atoms with Gasteiger partial charge in [-0.25, -0.2) is 0 Å². The number of aliphatic hydroxyl groups is 1. The van der Waals surface area contributed by atoms with E-state index in [9.17, 15) is 5.11 Å². The molecule has 1 aromatic carbocycles. The minimum Gasteiger partial charge on any atom is -0.493 e. The van der Waals surface area contributed by atoms with Crippen LogP contribution in [0, 0.1) is 0 Å². The Balaban J connectivity index is 3.23. The molecule has 0 saturated heterocycles. The molecule has 4 nitrogen and oxygen atoms in total. The van der Waals surface area contributed by atoms with Crippen LogP contribution >= 0.6 is 0 Å². The van der Waals surface area contributed by atoms with Crippen LogP contribution in [-0.2, 0) is 0 Å². The van der Waals surface area contributed by atoms with Crippen molar-refractivity contribution in [1.82, 2.24) is 0 Å². The van der Waals surface area contributed by atoms with E-state index in [0.717, 1.165) is 5.56 Å². The summed E-state index contributed by atoms with van der Waals surface area (Å²) >= 11 is 0. The van der Waals surface area contributed by atoms with Gasteiger partial charge in [-0.15, -0.1) is 0 Å². The molecule has 0 aliphatic rings. The van der Waals surface area contributed by atoms with Crippen LogP contribution < -0.4 is 14.2 Å². The van der Waals surface area contributed by atoms with Crippen molar-refractivity contribution in [2.24, 2.45) is 0 Å². The molecule has 0 fully saturated rings. The Labute approximate surface area is 101 Å². The van der Waals surface area contributed by atoms with Crippen LogP contribution in [0.15, 0.2) is 18.2 Å². The van der Waals surface area contributed by atoms with E-state index in [2.05, 4.69) is 0 Å². The second-order valence-corrected chi connectivity index (χ2v) is 3.52. The molecule has 0 aromatic heterocycles. The monoisotopic (exact) mass is 238 g/mol.